The molecule has 0 unspecified atom stereocenters. The van der Waals surface area contributed by atoms with Gasteiger partial charge in [-0.25, -0.2) is 4.98 Å². The van der Waals surface area contributed by atoms with Crippen molar-refractivity contribution >= 4 is 5.95 Å². The topological polar surface area (TPSA) is 71.4 Å². The monoisotopic (exact) mass is 252 g/mol. The van der Waals surface area contributed by atoms with Gasteiger partial charge in [-0.3, -0.25) is 0 Å². The summed E-state index contributed by atoms with van der Waals surface area (Å²) < 4.78 is 5.26. The molecule has 6 nitrogen and oxygen atoms in total. The lowest BCUT2D eigenvalue weighted by molar-refractivity contribution is -0.0574. The summed E-state index contributed by atoms with van der Waals surface area (Å²) in [7, 11) is 1.87. The number of rotatable bonds is 3. The molecular weight excluding hydrogens is 232 g/mol. The Morgan fingerprint density at radius 3 is 2.50 bits per heavy atom. The second-order valence-corrected chi connectivity index (χ2v) is 4.98. The van der Waals surface area contributed by atoms with Crippen LogP contribution in [0.1, 0.15) is 24.2 Å². The molecule has 0 radical (unpaired) electrons. The lowest BCUT2D eigenvalue weighted by Crippen LogP contribution is -2.46. The minimum Gasteiger partial charge on any atom is -0.388 e. The Morgan fingerprint density at radius 1 is 1.22 bits per heavy atom. The molecule has 0 atom stereocenters. The Kier molecular flexibility index (Phi) is 3.77. The molecule has 0 aromatic carbocycles. The molecule has 6 heteroatoms. The first kappa shape index (κ1) is 13.2. The number of aliphatic hydroxyl groups is 1. The average molecular weight is 252 g/mol. The highest BCUT2D eigenvalue weighted by molar-refractivity contribution is 5.29. The van der Waals surface area contributed by atoms with Crippen LogP contribution in [0.25, 0.3) is 0 Å². The van der Waals surface area contributed by atoms with Crippen molar-refractivity contribution in [3.05, 3.63) is 11.4 Å². The highest BCUT2D eigenvalue weighted by Gasteiger charge is 2.31. The number of nitrogens with zero attached hydrogens (tertiary/aromatic N) is 4. The Bertz CT molecular complexity index is 419. The molecule has 1 aromatic heterocycles. The quantitative estimate of drug-likeness (QED) is 0.843. The fourth-order valence-electron chi connectivity index (χ4n) is 2.03. The number of anilines is 1. The number of likely N-dealkylation sites (N-methyl/N-ethyl adjacent to an activating group) is 1. The Morgan fingerprint density at radius 2 is 1.89 bits per heavy atom. The van der Waals surface area contributed by atoms with Crippen LogP contribution in [0.3, 0.4) is 0 Å². The molecule has 1 fully saturated rings. The fraction of sp³-hybridized carbons (Fsp3) is 0.750. The molecule has 1 aliphatic heterocycles. The second kappa shape index (κ2) is 5.16. The van der Waals surface area contributed by atoms with Gasteiger partial charge >= 0.3 is 0 Å². The first-order valence-electron chi connectivity index (χ1n) is 6.19. The van der Waals surface area contributed by atoms with Crippen LogP contribution in [0.5, 0.6) is 0 Å². The molecule has 1 N–H and O–H groups in total. The summed E-state index contributed by atoms with van der Waals surface area (Å²) in [6, 6.07) is 0. The minimum atomic E-state index is -0.713. The fourth-order valence-corrected chi connectivity index (χ4v) is 2.03. The Hall–Kier alpha value is -1.27. The van der Waals surface area contributed by atoms with Crippen LogP contribution in [-0.2, 0) is 4.74 Å². The summed E-state index contributed by atoms with van der Waals surface area (Å²) in [5.41, 5.74) is 0.984. The van der Waals surface area contributed by atoms with Gasteiger partial charge in [0.15, 0.2) is 0 Å². The number of hydrogen-bond acceptors (Lipinski definition) is 6. The molecule has 1 aliphatic rings. The standard InChI is InChI=1S/C12H20N4O2/c1-9-10(2)14-15-11(13-9)16(3)8-12(17)4-6-18-7-5-12/h17H,4-8H2,1-3H3. The summed E-state index contributed by atoms with van der Waals surface area (Å²) in [6.45, 7) is 5.50. The van der Waals surface area contributed by atoms with E-state index in [0.29, 0.717) is 38.5 Å². The smallest absolute Gasteiger partial charge is 0.245 e. The molecule has 2 rings (SSSR count). The Balaban J connectivity index is 2.06. The van der Waals surface area contributed by atoms with Crippen molar-refractivity contribution < 1.29 is 9.84 Å². The molecule has 2 heterocycles. The average Bonchev–Trinajstić information content (AvgIpc) is 2.33. The van der Waals surface area contributed by atoms with Crippen LogP contribution >= 0.6 is 0 Å². The number of aromatic nitrogens is 3. The molecule has 0 amide bonds. The zero-order valence-corrected chi connectivity index (χ0v) is 11.2. The molecule has 1 saturated heterocycles. The maximum atomic E-state index is 10.4. The number of aryl methyl sites for hydroxylation is 2. The zero-order valence-electron chi connectivity index (χ0n) is 11.2. The van der Waals surface area contributed by atoms with Gasteiger partial charge in [0.25, 0.3) is 0 Å². The van der Waals surface area contributed by atoms with Crippen LogP contribution in [0.2, 0.25) is 0 Å². The van der Waals surface area contributed by atoms with Crippen LogP contribution in [0, 0.1) is 13.8 Å². The zero-order chi connectivity index (χ0) is 13.2. The van der Waals surface area contributed by atoms with Gasteiger partial charge in [-0.1, -0.05) is 0 Å². The Labute approximate surface area is 107 Å². The van der Waals surface area contributed by atoms with Gasteiger partial charge in [0.05, 0.1) is 17.0 Å². The van der Waals surface area contributed by atoms with Crippen molar-refractivity contribution in [1.29, 1.82) is 0 Å². The van der Waals surface area contributed by atoms with E-state index in [1.165, 1.54) is 0 Å². The van der Waals surface area contributed by atoms with Crippen molar-refractivity contribution in [2.24, 2.45) is 0 Å². The van der Waals surface area contributed by atoms with Gasteiger partial charge in [0.1, 0.15) is 0 Å². The maximum absolute atomic E-state index is 10.4. The maximum Gasteiger partial charge on any atom is 0.245 e. The lowest BCUT2D eigenvalue weighted by Gasteiger charge is -2.35. The van der Waals surface area contributed by atoms with Crippen molar-refractivity contribution in [3.63, 3.8) is 0 Å². The second-order valence-electron chi connectivity index (χ2n) is 4.98. The molecule has 18 heavy (non-hydrogen) atoms. The molecule has 0 saturated carbocycles. The van der Waals surface area contributed by atoms with Gasteiger partial charge in [-0.15, -0.1) is 5.10 Å². The molecule has 0 bridgehead atoms. The van der Waals surface area contributed by atoms with Gasteiger partial charge in [0.2, 0.25) is 5.95 Å². The van der Waals surface area contributed by atoms with E-state index in [4.69, 9.17) is 4.74 Å². The van der Waals surface area contributed by atoms with E-state index in [1.54, 1.807) is 0 Å². The summed E-state index contributed by atoms with van der Waals surface area (Å²) >= 11 is 0. The lowest BCUT2D eigenvalue weighted by atomic mass is 9.94. The van der Waals surface area contributed by atoms with E-state index in [0.717, 1.165) is 11.4 Å². The van der Waals surface area contributed by atoms with Gasteiger partial charge < -0.3 is 14.7 Å². The summed E-state index contributed by atoms with van der Waals surface area (Å²) in [4.78, 5) is 6.23. The van der Waals surface area contributed by atoms with Gasteiger partial charge in [-0.05, 0) is 13.8 Å². The predicted molar refractivity (Wildman–Crippen MR) is 67.6 cm³/mol. The molecule has 0 aliphatic carbocycles. The van der Waals surface area contributed by atoms with Crippen molar-refractivity contribution in [2.45, 2.75) is 32.3 Å². The molecular formula is C12H20N4O2. The number of ether oxygens (including phenoxy) is 1. The molecule has 0 spiro atoms. The van der Waals surface area contributed by atoms with E-state index >= 15 is 0 Å². The largest absolute Gasteiger partial charge is 0.388 e. The molecule has 100 valence electrons. The van der Waals surface area contributed by atoms with Crippen molar-refractivity contribution in [3.8, 4) is 0 Å². The molecule has 1 aromatic rings. The van der Waals surface area contributed by atoms with Crippen LogP contribution < -0.4 is 4.90 Å². The minimum absolute atomic E-state index is 0.501. The summed E-state index contributed by atoms with van der Waals surface area (Å²) in [5, 5.41) is 18.5. The highest BCUT2D eigenvalue weighted by atomic mass is 16.5. The first-order chi connectivity index (χ1) is 8.50. The highest BCUT2D eigenvalue weighted by Crippen LogP contribution is 2.22. The summed E-state index contributed by atoms with van der Waals surface area (Å²) in [6.07, 6.45) is 1.30. The van der Waals surface area contributed by atoms with Gasteiger partial charge in [-0.2, -0.15) is 5.10 Å². The first-order valence-corrected chi connectivity index (χ1v) is 6.19. The van der Waals surface area contributed by atoms with Crippen molar-refractivity contribution in [2.75, 3.05) is 31.7 Å². The van der Waals surface area contributed by atoms with E-state index in [9.17, 15) is 5.11 Å². The van der Waals surface area contributed by atoms with Crippen LogP contribution in [0.4, 0.5) is 5.95 Å². The van der Waals surface area contributed by atoms with E-state index in [-0.39, 0.29) is 0 Å². The SMILES string of the molecule is Cc1nnc(N(C)CC2(O)CCOCC2)nc1C. The third kappa shape index (κ3) is 2.94. The van der Waals surface area contributed by atoms with E-state index in [2.05, 4.69) is 15.2 Å². The van der Waals surface area contributed by atoms with E-state index in [1.807, 2.05) is 25.8 Å². The summed E-state index contributed by atoms with van der Waals surface area (Å²) in [5.74, 6) is 0.554. The van der Waals surface area contributed by atoms with Crippen LogP contribution in [0.15, 0.2) is 0 Å². The third-order valence-electron chi connectivity index (χ3n) is 3.38. The normalized spacial score (nSPS) is 18.7. The van der Waals surface area contributed by atoms with Gasteiger partial charge in [0, 0.05) is 39.6 Å². The van der Waals surface area contributed by atoms with Crippen LogP contribution in [-0.4, -0.2) is 52.7 Å². The number of hydrogen-bond donors (Lipinski definition) is 1. The predicted octanol–water partition coefficient (Wildman–Crippen LogP) is 0.466. The van der Waals surface area contributed by atoms with E-state index < -0.39 is 5.60 Å². The third-order valence-corrected chi connectivity index (χ3v) is 3.38. The van der Waals surface area contributed by atoms with Crippen molar-refractivity contribution in [1.82, 2.24) is 15.2 Å².